The van der Waals surface area contributed by atoms with Gasteiger partial charge < -0.3 is 21.6 Å². The van der Waals surface area contributed by atoms with Gasteiger partial charge in [0, 0.05) is 13.5 Å². The highest BCUT2D eigenvalue weighted by atomic mass is 35.5. The topological polar surface area (TPSA) is 9.23 Å². The van der Waals surface area contributed by atoms with Gasteiger partial charge in [-0.3, -0.25) is 0 Å². The van der Waals surface area contributed by atoms with Crippen LogP contribution in [0.25, 0.3) is 0 Å². The molecule has 0 aromatic heterocycles. The fourth-order valence-electron chi connectivity index (χ4n) is 1.02. The van der Waals surface area contributed by atoms with Crippen molar-refractivity contribution in [3.8, 4) is 0 Å². The van der Waals surface area contributed by atoms with Crippen LogP contribution >= 0.6 is 0 Å². The van der Waals surface area contributed by atoms with Gasteiger partial charge in [0.2, 0.25) is 0 Å². The van der Waals surface area contributed by atoms with E-state index in [1.807, 2.05) is 0 Å². The van der Waals surface area contributed by atoms with Crippen LogP contribution in [0.1, 0.15) is 19.8 Å². The maximum atomic E-state index is 5.28. The van der Waals surface area contributed by atoms with E-state index >= 15 is 0 Å². The number of quaternary nitrogens is 1. The summed E-state index contributed by atoms with van der Waals surface area (Å²) in [7, 11) is 8.43. The number of rotatable bonds is 5. The summed E-state index contributed by atoms with van der Waals surface area (Å²) in [6, 6.07) is 0. The van der Waals surface area contributed by atoms with E-state index in [1.54, 1.807) is 7.11 Å². The van der Waals surface area contributed by atoms with E-state index in [0.717, 1.165) is 17.3 Å². The van der Waals surface area contributed by atoms with Crippen molar-refractivity contribution in [3.05, 3.63) is 0 Å². The fourth-order valence-corrected chi connectivity index (χ4v) is 1.02. The van der Waals surface area contributed by atoms with Crippen molar-refractivity contribution >= 4 is 0 Å². The molecule has 0 aromatic rings. The number of halogens is 1. The fraction of sp³-hybridized carbons (Fsp3) is 1.00. The van der Waals surface area contributed by atoms with E-state index in [-0.39, 0.29) is 12.4 Å². The van der Waals surface area contributed by atoms with Gasteiger partial charge in [0.15, 0.2) is 0 Å². The second kappa shape index (κ2) is 6.70. The number of nitrogens with zero attached hydrogens (tertiary/aromatic N) is 1. The summed E-state index contributed by atoms with van der Waals surface area (Å²) in [5, 5.41) is 0. The molecule has 0 aliphatic carbocycles. The van der Waals surface area contributed by atoms with E-state index in [0.29, 0.717) is 6.10 Å². The predicted molar refractivity (Wildman–Crippen MR) is 48.6 cm³/mol. The van der Waals surface area contributed by atoms with Crippen LogP contribution in [0.5, 0.6) is 0 Å². The van der Waals surface area contributed by atoms with Crippen molar-refractivity contribution in [3.63, 3.8) is 0 Å². The lowest BCUT2D eigenvalue weighted by Crippen LogP contribution is -3.00. The summed E-state index contributed by atoms with van der Waals surface area (Å²) in [6.45, 7) is 3.36. The summed E-state index contributed by atoms with van der Waals surface area (Å²) >= 11 is 0. The first-order valence-electron chi connectivity index (χ1n) is 4.33. The molecule has 0 N–H and O–H groups in total. The van der Waals surface area contributed by atoms with Gasteiger partial charge in [-0.15, -0.1) is 0 Å². The molecule has 76 valence electrons. The number of hydrogen-bond acceptors (Lipinski definition) is 1. The molecular formula is C9H22ClNO. The summed E-state index contributed by atoms with van der Waals surface area (Å²) in [5.74, 6) is 0. The van der Waals surface area contributed by atoms with Crippen molar-refractivity contribution in [2.75, 3.05) is 34.8 Å². The molecule has 0 amide bonds. The predicted octanol–water partition coefficient (Wildman–Crippen LogP) is -1.49. The van der Waals surface area contributed by atoms with Crippen LogP contribution in [0.15, 0.2) is 0 Å². The van der Waals surface area contributed by atoms with E-state index in [9.17, 15) is 0 Å². The normalized spacial score (nSPS) is 13.8. The van der Waals surface area contributed by atoms with Gasteiger partial charge >= 0.3 is 0 Å². The second-order valence-electron chi connectivity index (χ2n) is 4.07. The molecule has 12 heavy (non-hydrogen) atoms. The average molecular weight is 196 g/mol. The summed E-state index contributed by atoms with van der Waals surface area (Å²) in [5.41, 5.74) is 0. The number of ether oxygens (including phenoxy) is 1. The number of hydrogen-bond donors (Lipinski definition) is 0. The van der Waals surface area contributed by atoms with Gasteiger partial charge in [0.25, 0.3) is 0 Å². The van der Waals surface area contributed by atoms with Crippen molar-refractivity contribution in [2.24, 2.45) is 0 Å². The molecule has 0 saturated carbocycles. The molecule has 2 nitrogen and oxygen atoms in total. The molecule has 1 atom stereocenters. The van der Waals surface area contributed by atoms with Crippen molar-refractivity contribution < 1.29 is 21.6 Å². The molecule has 0 fully saturated rings. The highest BCUT2D eigenvalue weighted by Gasteiger charge is 2.11. The van der Waals surface area contributed by atoms with Gasteiger partial charge in [-0.05, 0) is 6.42 Å². The standard InChI is InChI=1S/C9H22NO.ClH/c1-6-9(11-5)7-8-10(2,3)4;/h9H,6-8H2,1-5H3;1H/q+1;/p-1. The zero-order chi connectivity index (χ0) is 8.91. The largest absolute Gasteiger partial charge is 1.00 e. The van der Waals surface area contributed by atoms with Crippen molar-refractivity contribution in [2.45, 2.75) is 25.9 Å². The van der Waals surface area contributed by atoms with E-state index in [1.165, 1.54) is 6.54 Å². The third-order valence-corrected chi connectivity index (χ3v) is 1.91. The Labute approximate surface area is 82.9 Å². The maximum absolute atomic E-state index is 5.28. The van der Waals surface area contributed by atoms with Crippen LogP contribution in [0.2, 0.25) is 0 Å². The molecule has 1 unspecified atom stereocenters. The molecule has 0 bridgehead atoms. The van der Waals surface area contributed by atoms with Crippen molar-refractivity contribution in [1.29, 1.82) is 0 Å². The van der Waals surface area contributed by atoms with Crippen LogP contribution in [-0.2, 0) is 4.74 Å². The molecule has 0 saturated heterocycles. The van der Waals surface area contributed by atoms with Gasteiger partial charge in [0.05, 0.1) is 33.8 Å². The lowest BCUT2D eigenvalue weighted by molar-refractivity contribution is -0.870. The zero-order valence-electron chi connectivity index (χ0n) is 8.93. The Hall–Kier alpha value is 0.210. The summed E-state index contributed by atoms with van der Waals surface area (Å²) in [4.78, 5) is 0. The monoisotopic (exact) mass is 195 g/mol. The lowest BCUT2D eigenvalue weighted by Gasteiger charge is -2.25. The van der Waals surface area contributed by atoms with E-state index < -0.39 is 0 Å². The lowest BCUT2D eigenvalue weighted by atomic mass is 10.2. The minimum absolute atomic E-state index is 0. The summed E-state index contributed by atoms with van der Waals surface area (Å²) < 4.78 is 6.31. The Kier molecular flexibility index (Phi) is 8.21. The molecule has 0 aromatic carbocycles. The molecule has 0 rings (SSSR count). The Morgan fingerprint density at radius 2 is 1.75 bits per heavy atom. The molecule has 0 spiro atoms. The number of methoxy groups -OCH3 is 1. The SMILES string of the molecule is CCC(CC[N+](C)(C)C)OC.[Cl-]. The molecule has 0 aliphatic heterocycles. The maximum Gasteiger partial charge on any atom is 0.0805 e. The third kappa shape index (κ3) is 8.31. The smallest absolute Gasteiger partial charge is 0.0805 e. The van der Waals surface area contributed by atoms with E-state index in [2.05, 4.69) is 28.1 Å². The second-order valence-corrected chi connectivity index (χ2v) is 4.07. The van der Waals surface area contributed by atoms with Gasteiger partial charge in [-0.25, -0.2) is 0 Å². The molecule has 0 aliphatic rings. The quantitative estimate of drug-likeness (QED) is 0.486. The molecule has 0 radical (unpaired) electrons. The van der Waals surface area contributed by atoms with Crippen LogP contribution in [0.4, 0.5) is 0 Å². The van der Waals surface area contributed by atoms with E-state index in [4.69, 9.17) is 4.74 Å². The first kappa shape index (κ1) is 14.7. The first-order valence-corrected chi connectivity index (χ1v) is 4.33. The zero-order valence-corrected chi connectivity index (χ0v) is 9.69. The Morgan fingerprint density at radius 1 is 1.25 bits per heavy atom. The summed E-state index contributed by atoms with van der Waals surface area (Å²) in [6.07, 6.45) is 2.74. The molecular weight excluding hydrogens is 174 g/mol. The first-order chi connectivity index (χ1) is 4.99. The van der Waals surface area contributed by atoms with Crippen LogP contribution in [0, 0.1) is 0 Å². The van der Waals surface area contributed by atoms with Crippen LogP contribution in [-0.4, -0.2) is 45.4 Å². The Bertz CT molecular complexity index is 97.2. The average Bonchev–Trinajstić information content (AvgIpc) is 1.88. The van der Waals surface area contributed by atoms with Gasteiger partial charge in [0.1, 0.15) is 0 Å². The third-order valence-electron chi connectivity index (χ3n) is 1.91. The van der Waals surface area contributed by atoms with Crippen LogP contribution < -0.4 is 12.4 Å². The Morgan fingerprint density at radius 3 is 2.00 bits per heavy atom. The van der Waals surface area contributed by atoms with Crippen molar-refractivity contribution in [1.82, 2.24) is 0 Å². The highest BCUT2D eigenvalue weighted by Crippen LogP contribution is 2.04. The van der Waals surface area contributed by atoms with Gasteiger partial charge in [-0.1, -0.05) is 6.92 Å². The molecule has 0 heterocycles. The highest BCUT2D eigenvalue weighted by molar-refractivity contribution is 4.52. The Balaban J connectivity index is 0. The minimum Gasteiger partial charge on any atom is -1.00 e. The minimum atomic E-state index is 0. The van der Waals surface area contributed by atoms with Crippen LogP contribution in [0.3, 0.4) is 0 Å². The van der Waals surface area contributed by atoms with Gasteiger partial charge in [-0.2, -0.15) is 0 Å². The molecule has 3 heteroatoms.